The summed E-state index contributed by atoms with van der Waals surface area (Å²) in [5, 5.41) is 22.9. The standard InChI is InChI=1S/C26H37N3O6S/c1-18-16-22(25(31)26(32)35-18)29(2)15-13-23(30)27-14-5-4-6-19-7-9-20(10-8-19)21-11-12-24(28-17-21)36(3,33)34/h7,9-12,17,19,22,25-26,31-32H,1,4-6,8,13-16H2,2-3H3,(H,27,30)/t19?,22-,25+,26+/m0/s1. The van der Waals surface area contributed by atoms with Gasteiger partial charge in [-0.25, -0.2) is 13.4 Å². The van der Waals surface area contributed by atoms with E-state index in [1.165, 1.54) is 6.07 Å². The third kappa shape index (κ3) is 7.99. The van der Waals surface area contributed by atoms with Gasteiger partial charge in [-0.05, 0) is 55.5 Å². The number of aliphatic hydroxyl groups excluding tert-OH is 2. The molecule has 0 bridgehead atoms. The Morgan fingerprint density at radius 3 is 2.72 bits per heavy atom. The molecule has 0 radical (unpaired) electrons. The highest BCUT2D eigenvalue weighted by atomic mass is 32.2. The van der Waals surface area contributed by atoms with Crippen molar-refractivity contribution in [2.45, 2.75) is 62.0 Å². The molecule has 1 aliphatic heterocycles. The Labute approximate surface area is 213 Å². The van der Waals surface area contributed by atoms with Crippen LogP contribution < -0.4 is 5.32 Å². The molecule has 9 nitrogen and oxygen atoms in total. The van der Waals surface area contributed by atoms with Crippen molar-refractivity contribution in [3.63, 3.8) is 0 Å². The number of hydrogen-bond acceptors (Lipinski definition) is 8. The second-order valence-electron chi connectivity index (χ2n) is 9.56. The molecule has 1 unspecified atom stereocenters. The van der Waals surface area contributed by atoms with Crippen LogP contribution in [0.25, 0.3) is 5.57 Å². The molecule has 1 aliphatic carbocycles. The first-order valence-corrected chi connectivity index (χ1v) is 14.2. The molecular weight excluding hydrogens is 482 g/mol. The van der Waals surface area contributed by atoms with Crippen LogP contribution in [0, 0.1) is 5.92 Å². The quantitative estimate of drug-likeness (QED) is 0.379. The zero-order chi connectivity index (χ0) is 26.3. The number of rotatable bonds is 11. The van der Waals surface area contributed by atoms with Crippen molar-refractivity contribution in [1.29, 1.82) is 0 Å². The van der Waals surface area contributed by atoms with Crippen LogP contribution in [0.3, 0.4) is 0 Å². The second kappa shape index (κ2) is 12.6. The number of pyridine rings is 1. The number of ether oxygens (including phenoxy) is 1. The van der Waals surface area contributed by atoms with E-state index in [9.17, 15) is 23.4 Å². The van der Waals surface area contributed by atoms with Crippen LogP contribution in [0.15, 0.2) is 53.9 Å². The van der Waals surface area contributed by atoms with Crippen molar-refractivity contribution in [2.75, 3.05) is 26.4 Å². The van der Waals surface area contributed by atoms with Crippen LogP contribution in [0.4, 0.5) is 0 Å². The monoisotopic (exact) mass is 519 g/mol. The van der Waals surface area contributed by atoms with Crippen LogP contribution in [0.1, 0.15) is 44.1 Å². The molecule has 0 aromatic carbocycles. The molecular formula is C26H37N3O6S. The van der Waals surface area contributed by atoms with Gasteiger partial charge in [0.25, 0.3) is 0 Å². The zero-order valence-corrected chi connectivity index (χ0v) is 21.8. The van der Waals surface area contributed by atoms with Crippen molar-refractivity contribution in [3.05, 3.63) is 54.5 Å². The van der Waals surface area contributed by atoms with Crippen molar-refractivity contribution >= 4 is 21.3 Å². The molecule has 2 aliphatic rings. The first-order valence-electron chi connectivity index (χ1n) is 12.3. The number of allylic oxidation sites excluding steroid dienone is 4. The predicted octanol–water partition coefficient (Wildman–Crippen LogP) is 2.03. The minimum atomic E-state index is -3.30. The van der Waals surface area contributed by atoms with Crippen LogP contribution in [-0.4, -0.2) is 79.3 Å². The molecule has 1 fully saturated rings. The number of aliphatic hydroxyl groups is 2. The molecule has 1 saturated heterocycles. The van der Waals surface area contributed by atoms with Crippen molar-refractivity contribution in [1.82, 2.24) is 15.2 Å². The molecule has 10 heteroatoms. The fourth-order valence-electron chi connectivity index (χ4n) is 4.40. The lowest BCUT2D eigenvalue weighted by atomic mass is 9.90. The normalized spacial score (nSPS) is 24.4. The number of sulfone groups is 1. The Hall–Kier alpha value is -2.53. The van der Waals surface area contributed by atoms with Gasteiger partial charge in [0.1, 0.15) is 6.10 Å². The van der Waals surface area contributed by atoms with Gasteiger partial charge in [-0.1, -0.05) is 31.2 Å². The molecule has 0 spiro atoms. The zero-order valence-electron chi connectivity index (χ0n) is 21.0. The maximum atomic E-state index is 12.2. The van der Waals surface area contributed by atoms with Gasteiger partial charge in [0, 0.05) is 44.4 Å². The summed E-state index contributed by atoms with van der Waals surface area (Å²) in [6.45, 7) is 4.80. The summed E-state index contributed by atoms with van der Waals surface area (Å²) in [7, 11) is -1.49. The summed E-state index contributed by atoms with van der Waals surface area (Å²) in [6.07, 6.45) is 11.4. The summed E-state index contributed by atoms with van der Waals surface area (Å²) >= 11 is 0. The highest BCUT2D eigenvalue weighted by Gasteiger charge is 2.36. The van der Waals surface area contributed by atoms with Gasteiger partial charge < -0.3 is 20.3 Å². The van der Waals surface area contributed by atoms with Gasteiger partial charge in [-0.3, -0.25) is 9.69 Å². The largest absolute Gasteiger partial charge is 0.467 e. The van der Waals surface area contributed by atoms with Gasteiger partial charge >= 0.3 is 0 Å². The third-order valence-corrected chi connectivity index (χ3v) is 7.63. The lowest BCUT2D eigenvalue weighted by molar-refractivity contribution is -0.182. The Morgan fingerprint density at radius 1 is 1.31 bits per heavy atom. The van der Waals surface area contributed by atoms with Crippen molar-refractivity contribution in [3.8, 4) is 0 Å². The molecule has 1 aromatic rings. The topological polar surface area (TPSA) is 129 Å². The average molecular weight is 520 g/mol. The van der Waals surface area contributed by atoms with Crippen LogP contribution >= 0.6 is 0 Å². The SMILES string of the molecule is C=C1C[C@H](N(C)CCC(=O)NCCCCC2C=CC(c3ccc(S(C)(=O)=O)nc3)=CC2)[C@@H](O)[C@H](O)O1. The molecule has 3 N–H and O–H groups in total. The first kappa shape index (κ1) is 28.0. The fourth-order valence-corrected chi connectivity index (χ4v) is 4.96. The Balaban J connectivity index is 1.30. The van der Waals surface area contributed by atoms with E-state index in [4.69, 9.17) is 4.74 Å². The lowest BCUT2D eigenvalue weighted by Gasteiger charge is -2.38. The van der Waals surface area contributed by atoms with E-state index < -0.39 is 22.2 Å². The van der Waals surface area contributed by atoms with Crippen molar-refractivity contribution < 1.29 is 28.2 Å². The third-order valence-electron chi connectivity index (χ3n) is 6.63. The number of likely N-dealkylation sites (N-methyl/N-ethyl adjacent to an activating group) is 1. The molecule has 36 heavy (non-hydrogen) atoms. The van der Waals surface area contributed by atoms with Gasteiger partial charge in [0.15, 0.2) is 14.9 Å². The molecule has 1 aromatic heterocycles. The number of carbonyl (C=O) groups is 1. The van der Waals surface area contributed by atoms with Gasteiger partial charge in [0.2, 0.25) is 12.2 Å². The summed E-state index contributed by atoms with van der Waals surface area (Å²) in [5.41, 5.74) is 1.95. The maximum Gasteiger partial charge on any atom is 0.224 e. The summed E-state index contributed by atoms with van der Waals surface area (Å²) in [4.78, 5) is 18.1. The summed E-state index contributed by atoms with van der Waals surface area (Å²) < 4.78 is 28.2. The van der Waals surface area contributed by atoms with E-state index in [2.05, 4.69) is 35.1 Å². The fraction of sp³-hybridized carbons (Fsp3) is 0.538. The minimum Gasteiger partial charge on any atom is -0.467 e. The Bertz CT molecular complexity index is 1080. The average Bonchev–Trinajstić information content (AvgIpc) is 2.84. The number of amides is 1. The van der Waals surface area contributed by atoms with E-state index in [0.717, 1.165) is 43.1 Å². The van der Waals surface area contributed by atoms with Gasteiger partial charge in [-0.15, -0.1) is 0 Å². The highest BCUT2D eigenvalue weighted by molar-refractivity contribution is 7.90. The van der Waals surface area contributed by atoms with E-state index in [1.807, 2.05) is 11.9 Å². The van der Waals surface area contributed by atoms with Crippen LogP contribution in [0.2, 0.25) is 0 Å². The lowest BCUT2D eigenvalue weighted by Crippen LogP contribution is -2.51. The molecule has 2 heterocycles. The minimum absolute atomic E-state index is 0.0385. The number of hydrogen-bond donors (Lipinski definition) is 3. The Morgan fingerprint density at radius 2 is 2.08 bits per heavy atom. The number of nitrogens with zero attached hydrogens (tertiary/aromatic N) is 2. The van der Waals surface area contributed by atoms with Crippen LogP contribution in [0.5, 0.6) is 0 Å². The maximum absolute atomic E-state index is 12.2. The van der Waals surface area contributed by atoms with E-state index in [-0.39, 0.29) is 17.0 Å². The Kier molecular flexibility index (Phi) is 9.84. The number of unbranched alkanes of at least 4 members (excludes halogenated alkanes) is 1. The molecule has 4 atom stereocenters. The predicted molar refractivity (Wildman–Crippen MR) is 137 cm³/mol. The summed E-state index contributed by atoms with van der Waals surface area (Å²) in [6, 6.07) is 2.98. The van der Waals surface area contributed by atoms with Gasteiger partial charge in [-0.2, -0.15) is 0 Å². The van der Waals surface area contributed by atoms with E-state index in [0.29, 0.717) is 37.6 Å². The number of nitrogens with one attached hydrogen (secondary N) is 1. The first-order chi connectivity index (χ1) is 17.0. The second-order valence-corrected chi connectivity index (χ2v) is 11.5. The number of aromatic nitrogens is 1. The molecule has 1 amide bonds. The van der Waals surface area contributed by atoms with E-state index in [1.54, 1.807) is 12.3 Å². The molecule has 198 valence electrons. The smallest absolute Gasteiger partial charge is 0.224 e. The molecule has 3 rings (SSSR count). The number of carbonyl (C=O) groups excluding carboxylic acids is 1. The summed E-state index contributed by atoms with van der Waals surface area (Å²) in [5.74, 6) is 0.828. The van der Waals surface area contributed by atoms with Crippen LogP contribution in [-0.2, 0) is 19.4 Å². The van der Waals surface area contributed by atoms with E-state index >= 15 is 0 Å². The van der Waals surface area contributed by atoms with Gasteiger partial charge in [0.05, 0.1) is 5.76 Å². The van der Waals surface area contributed by atoms with Crippen molar-refractivity contribution in [2.24, 2.45) is 5.92 Å². The molecule has 0 saturated carbocycles. The highest BCUT2D eigenvalue weighted by Crippen LogP contribution is 2.27.